The average molecular weight is 429 g/mol. The van der Waals surface area contributed by atoms with Crippen LogP contribution in [0.1, 0.15) is 87.0 Å². The van der Waals surface area contributed by atoms with Gasteiger partial charge in [-0.1, -0.05) is 27.7 Å². The van der Waals surface area contributed by atoms with E-state index in [4.69, 9.17) is 0 Å². The first kappa shape index (κ1) is 20.5. The first-order valence-corrected chi connectivity index (χ1v) is 12.5. The second-order valence-electron chi connectivity index (χ2n) is 12.0. The fourth-order valence-corrected chi connectivity index (χ4v) is 8.65. The fourth-order valence-electron chi connectivity index (χ4n) is 7.59. The third kappa shape index (κ3) is 2.91. The Kier molecular flexibility index (Phi) is 4.34. The first-order valence-electron chi connectivity index (χ1n) is 11.7. The molecule has 164 valence electrons. The molecule has 5 fully saturated rings. The molecular weight excluding hydrogens is 392 g/mol. The van der Waals surface area contributed by atoms with Gasteiger partial charge in [-0.15, -0.1) is 11.3 Å². The molecule has 5 aliphatic carbocycles. The minimum atomic E-state index is -0.0215. The molecule has 5 aliphatic rings. The lowest BCUT2D eigenvalue weighted by molar-refractivity contribution is -0.118. The number of anilines is 1. The molecule has 0 aromatic carbocycles. The highest BCUT2D eigenvalue weighted by Gasteiger charge is 2.68. The van der Waals surface area contributed by atoms with Crippen LogP contribution in [0.2, 0.25) is 0 Å². The standard InChI is InChI=1S/C25H36N2O2S/c1-13-14(2)30-22(26-21(29)19-23(3,4)24(19,5)6)18(13)20(28)27-25-10-15-7-16(11-25)9-17(8-15)12-25/h15-17,19H,7-12H2,1-6H3,(H,26,29)(H,27,28). The number of aryl methyl sites for hydroxylation is 1. The number of hydrogen-bond acceptors (Lipinski definition) is 3. The van der Waals surface area contributed by atoms with Gasteiger partial charge in [0.25, 0.3) is 5.91 Å². The van der Waals surface area contributed by atoms with Crippen LogP contribution >= 0.6 is 11.3 Å². The Morgan fingerprint density at radius 2 is 1.40 bits per heavy atom. The molecule has 2 N–H and O–H groups in total. The van der Waals surface area contributed by atoms with Gasteiger partial charge < -0.3 is 10.6 Å². The Balaban J connectivity index is 1.37. The highest BCUT2D eigenvalue weighted by atomic mass is 32.1. The molecule has 1 aromatic heterocycles. The van der Waals surface area contributed by atoms with Gasteiger partial charge in [-0.3, -0.25) is 9.59 Å². The molecule has 0 unspecified atom stereocenters. The van der Waals surface area contributed by atoms with Gasteiger partial charge in [-0.2, -0.15) is 0 Å². The lowest BCUT2D eigenvalue weighted by Gasteiger charge is -2.56. The van der Waals surface area contributed by atoms with E-state index in [9.17, 15) is 9.59 Å². The van der Waals surface area contributed by atoms with Crippen molar-refractivity contribution in [3.63, 3.8) is 0 Å². The zero-order chi connectivity index (χ0) is 21.6. The fraction of sp³-hybridized carbons (Fsp3) is 0.760. The smallest absolute Gasteiger partial charge is 0.254 e. The SMILES string of the molecule is Cc1sc(NC(=O)C2C(C)(C)C2(C)C)c(C(=O)NC23CC4CC(CC(C4)C2)C3)c1C. The second-order valence-corrected chi connectivity index (χ2v) is 13.2. The zero-order valence-corrected chi connectivity index (χ0v) is 20.1. The van der Waals surface area contributed by atoms with Gasteiger partial charge in [0, 0.05) is 16.3 Å². The molecule has 5 heteroatoms. The third-order valence-electron chi connectivity index (χ3n) is 9.55. The van der Waals surface area contributed by atoms with E-state index >= 15 is 0 Å². The van der Waals surface area contributed by atoms with Gasteiger partial charge in [0.2, 0.25) is 5.91 Å². The van der Waals surface area contributed by atoms with Gasteiger partial charge in [-0.05, 0) is 86.5 Å². The number of rotatable bonds is 4. The largest absolute Gasteiger partial charge is 0.346 e. The van der Waals surface area contributed by atoms with E-state index in [1.54, 1.807) is 11.3 Å². The predicted octanol–water partition coefficient (Wildman–Crippen LogP) is 5.68. The van der Waals surface area contributed by atoms with Crippen LogP contribution in [-0.4, -0.2) is 17.4 Å². The highest BCUT2D eigenvalue weighted by Crippen LogP contribution is 2.68. The van der Waals surface area contributed by atoms with E-state index in [1.807, 2.05) is 13.8 Å². The molecule has 1 aromatic rings. The average Bonchev–Trinajstić information content (AvgIpc) is 2.84. The van der Waals surface area contributed by atoms with E-state index in [-0.39, 0.29) is 34.1 Å². The minimum Gasteiger partial charge on any atom is -0.346 e. The topological polar surface area (TPSA) is 58.2 Å². The van der Waals surface area contributed by atoms with Crippen molar-refractivity contribution < 1.29 is 9.59 Å². The number of thiophene rings is 1. The van der Waals surface area contributed by atoms with Gasteiger partial charge in [0.15, 0.2) is 0 Å². The molecule has 4 nitrogen and oxygen atoms in total. The number of carbonyl (C=O) groups excluding carboxylic acids is 2. The number of carbonyl (C=O) groups is 2. The Morgan fingerprint density at radius 1 is 0.900 bits per heavy atom. The molecule has 0 atom stereocenters. The summed E-state index contributed by atoms with van der Waals surface area (Å²) < 4.78 is 0. The Labute approximate surface area is 184 Å². The summed E-state index contributed by atoms with van der Waals surface area (Å²) in [6.45, 7) is 12.7. The quantitative estimate of drug-likeness (QED) is 0.648. The molecule has 1 heterocycles. The molecule has 4 bridgehead atoms. The van der Waals surface area contributed by atoms with Crippen LogP contribution in [0.25, 0.3) is 0 Å². The summed E-state index contributed by atoms with van der Waals surface area (Å²) in [4.78, 5) is 27.7. The van der Waals surface area contributed by atoms with Gasteiger partial charge >= 0.3 is 0 Å². The summed E-state index contributed by atoms with van der Waals surface area (Å²) in [5.41, 5.74) is 1.65. The van der Waals surface area contributed by atoms with Crippen LogP contribution in [0.5, 0.6) is 0 Å². The normalized spacial score (nSPS) is 35.3. The second kappa shape index (κ2) is 6.34. The van der Waals surface area contributed by atoms with Crippen LogP contribution < -0.4 is 10.6 Å². The van der Waals surface area contributed by atoms with Crippen LogP contribution in [-0.2, 0) is 4.79 Å². The molecule has 0 spiro atoms. The van der Waals surface area contributed by atoms with Crippen LogP contribution in [0.15, 0.2) is 0 Å². The number of nitrogens with one attached hydrogen (secondary N) is 2. The summed E-state index contributed by atoms with van der Waals surface area (Å²) in [5, 5.41) is 7.39. The first-order chi connectivity index (χ1) is 13.9. The van der Waals surface area contributed by atoms with E-state index in [0.717, 1.165) is 52.5 Å². The van der Waals surface area contributed by atoms with Crippen LogP contribution in [0, 0.1) is 48.3 Å². The van der Waals surface area contributed by atoms with Crippen molar-refractivity contribution in [1.29, 1.82) is 0 Å². The van der Waals surface area contributed by atoms with Crippen molar-refractivity contribution in [1.82, 2.24) is 5.32 Å². The maximum Gasteiger partial charge on any atom is 0.254 e. The van der Waals surface area contributed by atoms with Crippen molar-refractivity contribution in [3.8, 4) is 0 Å². The minimum absolute atomic E-state index is 0.0138. The van der Waals surface area contributed by atoms with Crippen LogP contribution in [0.3, 0.4) is 0 Å². The zero-order valence-electron chi connectivity index (χ0n) is 19.3. The summed E-state index contributed by atoms with van der Waals surface area (Å²) in [5.74, 6) is 2.42. The van der Waals surface area contributed by atoms with Crippen molar-refractivity contribution in [2.75, 3.05) is 5.32 Å². The molecule has 0 aliphatic heterocycles. The Morgan fingerprint density at radius 3 is 1.87 bits per heavy atom. The summed E-state index contributed by atoms with van der Waals surface area (Å²) >= 11 is 1.54. The Bertz CT molecular complexity index is 877. The van der Waals surface area contributed by atoms with Crippen molar-refractivity contribution in [2.45, 2.75) is 85.6 Å². The summed E-state index contributed by atoms with van der Waals surface area (Å²) in [6, 6.07) is 0. The van der Waals surface area contributed by atoms with E-state index < -0.39 is 0 Å². The lowest BCUT2D eigenvalue weighted by Crippen LogP contribution is -2.59. The molecule has 5 saturated carbocycles. The molecule has 30 heavy (non-hydrogen) atoms. The highest BCUT2D eigenvalue weighted by molar-refractivity contribution is 7.16. The number of amides is 2. The molecule has 2 amide bonds. The van der Waals surface area contributed by atoms with Crippen LogP contribution in [0.4, 0.5) is 5.00 Å². The molecule has 0 radical (unpaired) electrons. The molecule has 0 saturated heterocycles. The van der Waals surface area contributed by atoms with Crippen molar-refractivity contribution in [2.24, 2.45) is 34.5 Å². The number of hydrogen-bond donors (Lipinski definition) is 2. The van der Waals surface area contributed by atoms with Gasteiger partial charge in [0.05, 0.1) is 5.56 Å². The lowest BCUT2D eigenvalue weighted by atomic mass is 9.53. The molecule has 6 rings (SSSR count). The van der Waals surface area contributed by atoms with Gasteiger partial charge in [0.1, 0.15) is 5.00 Å². The van der Waals surface area contributed by atoms with E-state index in [2.05, 4.69) is 38.3 Å². The van der Waals surface area contributed by atoms with E-state index in [1.165, 1.54) is 19.3 Å². The summed E-state index contributed by atoms with van der Waals surface area (Å²) in [6.07, 6.45) is 7.50. The Hall–Kier alpha value is -1.36. The maximum absolute atomic E-state index is 13.6. The summed E-state index contributed by atoms with van der Waals surface area (Å²) in [7, 11) is 0. The van der Waals surface area contributed by atoms with Crippen molar-refractivity contribution >= 4 is 28.2 Å². The van der Waals surface area contributed by atoms with E-state index in [0.29, 0.717) is 5.56 Å². The molecular formula is C25H36N2O2S. The maximum atomic E-state index is 13.6. The predicted molar refractivity (Wildman–Crippen MR) is 122 cm³/mol. The third-order valence-corrected chi connectivity index (χ3v) is 10.7. The van der Waals surface area contributed by atoms with Gasteiger partial charge in [-0.25, -0.2) is 0 Å². The van der Waals surface area contributed by atoms with Crippen molar-refractivity contribution in [3.05, 3.63) is 16.0 Å². The monoisotopic (exact) mass is 428 g/mol.